The Labute approximate surface area is 165 Å². The maximum absolute atomic E-state index is 10.5. The topological polar surface area (TPSA) is 85.5 Å². The van der Waals surface area contributed by atoms with Crippen LogP contribution in [0.1, 0.15) is 18.4 Å². The molecule has 1 aromatic heterocycles. The van der Waals surface area contributed by atoms with Crippen LogP contribution >= 0.6 is 23.4 Å². The Kier molecular flexibility index (Phi) is 6.73. The fourth-order valence-corrected chi connectivity index (χ4v) is 3.15. The molecule has 0 saturated carbocycles. The minimum atomic E-state index is -0.816. The van der Waals surface area contributed by atoms with Crippen LogP contribution in [0.3, 0.4) is 0 Å². The maximum Gasteiger partial charge on any atom is 0.303 e. The lowest BCUT2D eigenvalue weighted by Gasteiger charge is -2.10. The summed E-state index contributed by atoms with van der Waals surface area (Å²) in [6.45, 7) is 0.388. The van der Waals surface area contributed by atoms with Crippen molar-refractivity contribution in [2.45, 2.75) is 24.7 Å². The van der Waals surface area contributed by atoms with Crippen molar-refractivity contribution >= 4 is 29.3 Å². The smallest absolute Gasteiger partial charge is 0.303 e. The quantitative estimate of drug-likeness (QED) is 0.400. The number of benzene rings is 2. The van der Waals surface area contributed by atoms with Crippen molar-refractivity contribution in [3.8, 4) is 17.2 Å². The molecular formula is C19H17ClN2O4S. The lowest BCUT2D eigenvalue weighted by atomic mass is 10.2. The molecule has 8 heteroatoms. The zero-order valence-corrected chi connectivity index (χ0v) is 15.9. The first-order valence-corrected chi connectivity index (χ1v) is 9.63. The van der Waals surface area contributed by atoms with Gasteiger partial charge in [-0.2, -0.15) is 0 Å². The highest BCUT2D eigenvalue weighted by atomic mass is 35.5. The minimum absolute atomic E-state index is 0.114. The molecule has 140 valence electrons. The van der Waals surface area contributed by atoms with Gasteiger partial charge in [0, 0.05) is 17.2 Å². The molecule has 0 unspecified atom stereocenters. The second-order valence-electron chi connectivity index (χ2n) is 5.63. The first kappa shape index (κ1) is 19.3. The number of carboxylic acid groups (broad SMARTS) is 1. The highest BCUT2D eigenvalue weighted by molar-refractivity contribution is 7.99. The van der Waals surface area contributed by atoms with Gasteiger partial charge in [-0.15, -0.1) is 10.2 Å². The second-order valence-corrected chi connectivity index (χ2v) is 7.12. The predicted octanol–water partition coefficient (Wildman–Crippen LogP) is 4.93. The Balaban J connectivity index is 1.69. The molecule has 0 radical (unpaired) electrons. The predicted molar refractivity (Wildman–Crippen MR) is 103 cm³/mol. The number of thioether (sulfide) groups is 1. The van der Waals surface area contributed by atoms with Crippen molar-refractivity contribution in [3.05, 3.63) is 59.1 Å². The number of aromatic nitrogens is 2. The van der Waals surface area contributed by atoms with E-state index < -0.39 is 5.97 Å². The molecule has 1 heterocycles. The Morgan fingerprint density at radius 1 is 1.19 bits per heavy atom. The molecule has 0 saturated heterocycles. The third kappa shape index (κ3) is 5.74. The van der Waals surface area contributed by atoms with Crippen LogP contribution < -0.4 is 4.74 Å². The van der Waals surface area contributed by atoms with E-state index in [0.717, 1.165) is 5.56 Å². The molecule has 0 spiro atoms. The molecule has 0 amide bonds. The van der Waals surface area contributed by atoms with Crippen molar-refractivity contribution in [2.24, 2.45) is 0 Å². The summed E-state index contributed by atoms with van der Waals surface area (Å²) in [7, 11) is 0. The van der Waals surface area contributed by atoms with Gasteiger partial charge in [0.25, 0.3) is 11.1 Å². The van der Waals surface area contributed by atoms with Gasteiger partial charge in [0.2, 0.25) is 0 Å². The van der Waals surface area contributed by atoms with Gasteiger partial charge in [-0.1, -0.05) is 53.7 Å². The first-order chi connectivity index (χ1) is 13.1. The molecule has 3 aromatic rings. The van der Waals surface area contributed by atoms with Gasteiger partial charge in [-0.25, -0.2) is 0 Å². The Morgan fingerprint density at radius 3 is 2.78 bits per heavy atom. The molecule has 0 fully saturated rings. The fourth-order valence-electron chi connectivity index (χ4n) is 2.29. The molecule has 1 N–H and O–H groups in total. The number of carboxylic acids is 1. The summed E-state index contributed by atoms with van der Waals surface area (Å²) < 4.78 is 11.6. The maximum atomic E-state index is 10.5. The van der Waals surface area contributed by atoms with Crippen LogP contribution in [0.5, 0.6) is 5.75 Å². The van der Waals surface area contributed by atoms with Gasteiger partial charge in [-0.3, -0.25) is 4.79 Å². The zero-order valence-electron chi connectivity index (χ0n) is 14.3. The van der Waals surface area contributed by atoms with Gasteiger partial charge in [0.1, 0.15) is 12.4 Å². The summed E-state index contributed by atoms with van der Waals surface area (Å²) in [5.41, 5.74) is 1.68. The summed E-state index contributed by atoms with van der Waals surface area (Å²) in [5.74, 6) is 0.655. The molecule has 3 rings (SSSR count). The van der Waals surface area contributed by atoms with E-state index in [0.29, 0.717) is 46.2 Å². The first-order valence-electron chi connectivity index (χ1n) is 8.26. The zero-order chi connectivity index (χ0) is 19.1. The van der Waals surface area contributed by atoms with Gasteiger partial charge >= 0.3 is 5.97 Å². The SMILES string of the molecule is O=C(O)CCCSc1nnc(-c2ccc(Cl)cc2OCc2ccccc2)o1. The van der Waals surface area contributed by atoms with Crippen molar-refractivity contribution in [1.29, 1.82) is 0 Å². The van der Waals surface area contributed by atoms with E-state index in [9.17, 15) is 4.79 Å². The minimum Gasteiger partial charge on any atom is -0.488 e. The molecule has 6 nitrogen and oxygen atoms in total. The summed E-state index contributed by atoms with van der Waals surface area (Å²) in [6.07, 6.45) is 0.646. The number of rotatable bonds is 9. The van der Waals surface area contributed by atoms with Crippen LogP contribution in [-0.2, 0) is 11.4 Å². The highest BCUT2D eigenvalue weighted by Crippen LogP contribution is 2.33. The van der Waals surface area contributed by atoms with E-state index >= 15 is 0 Å². The number of hydrogen-bond acceptors (Lipinski definition) is 6. The summed E-state index contributed by atoms with van der Waals surface area (Å²) >= 11 is 7.43. The number of nitrogens with zero attached hydrogens (tertiary/aromatic N) is 2. The molecule has 0 aliphatic heterocycles. The fraction of sp³-hybridized carbons (Fsp3) is 0.211. The van der Waals surface area contributed by atoms with Crippen LogP contribution in [0.25, 0.3) is 11.5 Å². The normalized spacial score (nSPS) is 10.7. The molecule has 27 heavy (non-hydrogen) atoms. The molecule has 0 bridgehead atoms. The molecule has 0 atom stereocenters. The van der Waals surface area contributed by atoms with E-state index in [1.165, 1.54) is 11.8 Å². The third-order valence-electron chi connectivity index (χ3n) is 3.58. The Bertz CT molecular complexity index is 902. The monoisotopic (exact) mass is 404 g/mol. The number of hydrogen-bond donors (Lipinski definition) is 1. The van der Waals surface area contributed by atoms with E-state index in [4.69, 9.17) is 25.9 Å². The van der Waals surface area contributed by atoms with Crippen molar-refractivity contribution in [2.75, 3.05) is 5.75 Å². The second kappa shape index (κ2) is 9.43. The van der Waals surface area contributed by atoms with Gasteiger partial charge in [0.05, 0.1) is 5.56 Å². The van der Waals surface area contributed by atoms with E-state index in [2.05, 4.69) is 10.2 Å². The number of aliphatic carboxylic acids is 1. The van der Waals surface area contributed by atoms with Crippen LogP contribution in [0.4, 0.5) is 0 Å². The van der Waals surface area contributed by atoms with Crippen LogP contribution in [0, 0.1) is 0 Å². The summed E-state index contributed by atoms with van der Waals surface area (Å²) in [4.78, 5) is 10.5. The van der Waals surface area contributed by atoms with Gasteiger partial charge in [0.15, 0.2) is 0 Å². The molecule has 2 aromatic carbocycles. The summed E-state index contributed by atoms with van der Waals surface area (Å²) in [5, 5.41) is 17.7. The molecular weight excluding hydrogens is 388 g/mol. The van der Waals surface area contributed by atoms with Gasteiger partial charge in [-0.05, 0) is 30.2 Å². The van der Waals surface area contributed by atoms with Crippen LogP contribution in [0.15, 0.2) is 58.2 Å². The van der Waals surface area contributed by atoms with Crippen molar-refractivity contribution in [3.63, 3.8) is 0 Å². The largest absolute Gasteiger partial charge is 0.488 e. The lowest BCUT2D eigenvalue weighted by molar-refractivity contribution is -0.137. The highest BCUT2D eigenvalue weighted by Gasteiger charge is 2.15. The van der Waals surface area contributed by atoms with E-state index in [-0.39, 0.29) is 6.42 Å². The molecule has 0 aliphatic carbocycles. The lowest BCUT2D eigenvalue weighted by Crippen LogP contribution is -1.97. The average molecular weight is 405 g/mol. The van der Waals surface area contributed by atoms with E-state index in [1.807, 2.05) is 30.3 Å². The number of ether oxygens (including phenoxy) is 1. The van der Waals surface area contributed by atoms with Crippen LogP contribution in [-0.4, -0.2) is 27.0 Å². The van der Waals surface area contributed by atoms with Crippen molar-refractivity contribution < 1.29 is 19.1 Å². The van der Waals surface area contributed by atoms with Crippen molar-refractivity contribution in [1.82, 2.24) is 10.2 Å². The Hall–Kier alpha value is -2.51. The third-order valence-corrected chi connectivity index (χ3v) is 4.72. The van der Waals surface area contributed by atoms with Gasteiger partial charge < -0.3 is 14.3 Å². The van der Waals surface area contributed by atoms with E-state index in [1.54, 1.807) is 18.2 Å². The average Bonchev–Trinajstić information content (AvgIpc) is 3.13. The van der Waals surface area contributed by atoms with Crippen LogP contribution in [0.2, 0.25) is 5.02 Å². The standard InChI is InChI=1S/C19H17ClN2O4S/c20-14-8-9-15(16(11-14)25-12-13-5-2-1-3-6-13)18-21-22-19(26-18)27-10-4-7-17(23)24/h1-3,5-6,8-9,11H,4,7,10,12H2,(H,23,24). The summed E-state index contributed by atoms with van der Waals surface area (Å²) in [6, 6.07) is 15.0. The Morgan fingerprint density at radius 2 is 2.00 bits per heavy atom. The molecule has 0 aliphatic rings. The number of halogens is 1. The number of carbonyl (C=O) groups is 1.